The smallest absolute Gasteiger partial charge is 0.250 e. The van der Waals surface area contributed by atoms with Crippen LogP contribution in [0.1, 0.15) is 38.2 Å². The summed E-state index contributed by atoms with van der Waals surface area (Å²) in [5.74, 6) is 3.31. The Balaban J connectivity index is 1.52. The zero-order valence-corrected chi connectivity index (χ0v) is 17.7. The summed E-state index contributed by atoms with van der Waals surface area (Å²) in [6.45, 7) is 6.45. The maximum absolute atomic E-state index is 5.63. The Labute approximate surface area is 177 Å². The number of anilines is 3. The summed E-state index contributed by atoms with van der Waals surface area (Å²) in [4.78, 5) is 18.4. The van der Waals surface area contributed by atoms with Crippen LogP contribution in [0.5, 0.6) is 11.5 Å². The molecule has 2 aliphatic heterocycles. The van der Waals surface area contributed by atoms with Gasteiger partial charge in [-0.3, -0.25) is 0 Å². The van der Waals surface area contributed by atoms with Crippen molar-refractivity contribution in [1.82, 2.24) is 15.0 Å². The van der Waals surface area contributed by atoms with Crippen molar-refractivity contribution >= 4 is 24.1 Å². The first kappa shape index (κ1) is 20.2. The molecule has 0 radical (unpaired) electrons. The van der Waals surface area contributed by atoms with Gasteiger partial charge in [-0.2, -0.15) is 20.1 Å². The van der Waals surface area contributed by atoms with E-state index in [1.165, 1.54) is 25.7 Å². The number of hydrazone groups is 1. The predicted octanol–water partition coefficient (Wildman–Crippen LogP) is 2.93. The molecule has 9 heteroatoms. The highest BCUT2D eigenvalue weighted by molar-refractivity contribution is 5.81. The molecule has 0 aliphatic carbocycles. The molecule has 2 aliphatic rings. The van der Waals surface area contributed by atoms with E-state index < -0.39 is 0 Å². The molecular formula is C21H29N7O2. The highest BCUT2D eigenvalue weighted by Gasteiger charge is 2.21. The first-order chi connectivity index (χ1) is 14.8. The van der Waals surface area contributed by atoms with Crippen LogP contribution in [0, 0.1) is 0 Å². The molecule has 0 amide bonds. The molecule has 0 atom stereocenters. The van der Waals surface area contributed by atoms with Gasteiger partial charge in [0.15, 0.2) is 11.5 Å². The van der Waals surface area contributed by atoms with Crippen molar-refractivity contribution < 1.29 is 9.47 Å². The summed E-state index contributed by atoms with van der Waals surface area (Å²) in [6.07, 6.45) is 6.41. The molecule has 1 aromatic carbocycles. The monoisotopic (exact) mass is 411 g/mol. The Hall–Kier alpha value is -3.10. The fourth-order valence-electron chi connectivity index (χ4n) is 3.73. The summed E-state index contributed by atoms with van der Waals surface area (Å²) >= 11 is 0. The van der Waals surface area contributed by atoms with Crippen molar-refractivity contribution in [2.45, 2.75) is 32.6 Å². The van der Waals surface area contributed by atoms with E-state index in [0.717, 1.165) is 43.6 Å². The Bertz CT molecular complexity index is 843. The second kappa shape index (κ2) is 9.60. The standard InChI is InChI=1S/C21H29N7O2/c1-3-30-18-14-16(8-9-17(18)29-2)15-22-26-19-23-20(27-10-4-5-11-27)25-21(24-19)28-12-6-7-13-28/h8-9,14-15H,3-7,10-13H2,1-2H3,(H,23,24,25,26)/b22-15+. The molecule has 0 spiro atoms. The lowest BCUT2D eigenvalue weighted by Crippen LogP contribution is -2.25. The van der Waals surface area contributed by atoms with E-state index in [-0.39, 0.29) is 0 Å². The van der Waals surface area contributed by atoms with Crippen LogP contribution in [0.4, 0.5) is 17.8 Å². The van der Waals surface area contributed by atoms with E-state index in [4.69, 9.17) is 14.5 Å². The number of ether oxygens (including phenoxy) is 2. The SMILES string of the molecule is CCOc1cc(/C=N/Nc2nc(N3CCCC3)nc(N3CCCC3)n2)ccc1OC. The molecule has 3 heterocycles. The van der Waals surface area contributed by atoms with Crippen LogP contribution in [0.15, 0.2) is 23.3 Å². The second-order valence-electron chi connectivity index (χ2n) is 7.36. The largest absolute Gasteiger partial charge is 0.493 e. The third-order valence-corrected chi connectivity index (χ3v) is 5.26. The molecule has 0 saturated carbocycles. The van der Waals surface area contributed by atoms with Gasteiger partial charge < -0.3 is 19.3 Å². The van der Waals surface area contributed by atoms with Crippen LogP contribution in [0.2, 0.25) is 0 Å². The maximum atomic E-state index is 5.63. The maximum Gasteiger partial charge on any atom is 0.250 e. The lowest BCUT2D eigenvalue weighted by Gasteiger charge is -2.20. The van der Waals surface area contributed by atoms with Gasteiger partial charge in [0, 0.05) is 26.2 Å². The highest BCUT2D eigenvalue weighted by atomic mass is 16.5. The first-order valence-corrected chi connectivity index (χ1v) is 10.6. The van der Waals surface area contributed by atoms with Crippen LogP contribution < -0.4 is 24.7 Å². The lowest BCUT2D eigenvalue weighted by atomic mass is 10.2. The van der Waals surface area contributed by atoms with Crippen molar-refractivity contribution in [2.75, 3.05) is 55.1 Å². The van der Waals surface area contributed by atoms with Crippen LogP contribution in [0.25, 0.3) is 0 Å². The third-order valence-electron chi connectivity index (χ3n) is 5.26. The fourth-order valence-corrected chi connectivity index (χ4v) is 3.73. The molecule has 4 rings (SSSR count). The summed E-state index contributed by atoms with van der Waals surface area (Å²) in [6, 6.07) is 5.68. The zero-order valence-electron chi connectivity index (χ0n) is 17.7. The Morgan fingerprint density at radius 1 is 0.967 bits per heavy atom. The van der Waals surface area contributed by atoms with Crippen molar-refractivity contribution in [3.8, 4) is 11.5 Å². The van der Waals surface area contributed by atoms with Gasteiger partial charge >= 0.3 is 0 Å². The van der Waals surface area contributed by atoms with Crippen molar-refractivity contribution in [1.29, 1.82) is 0 Å². The Morgan fingerprint density at radius 3 is 2.17 bits per heavy atom. The van der Waals surface area contributed by atoms with Crippen LogP contribution in [0.3, 0.4) is 0 Å². The molecular weight excluding hydrogens is 382 g/mol. The number of aromatic nitrogens is 3. The molecule has 0 unspecified atom stereocenters. The number of nitrogens with zero attached hydrogens (tertiary/aromatic N) is 6. The first-order valence-electron chi connectivity index (χ1n) is 10.6. The molecule has 1 N–H and O–H groups in total. The van der Waals surface area contributed by atoms with Gasteiger partial charge in [0.05, 0.1) is 19.9 Å². The van der Waals surface area contributed by atoms with Gasteiger partial charge in [0.25, 0.3) is 0 Å². The molecule has 2 aromatic rings. The molecule has 9 nitrogen and oxygen atoms in total. The topological polar surface area (TPSA) is 88.0 Å². The normalized spacial score (nSPS) is 16.5. The summed E-state index contributed by atoms with van der Waals surface area (Å²) < 4.78 is 11.0. The van der Waals surface area contributed by atoms with Gasteiger partial charge in [-0.15, -0.1) is 0 Å². The number of hydrogen-bond acceptors (Lipinski definition) is 9. The van der Waals surface area contributed by atoms with Crippen LogP contribution >= 0.6 is 0 Å². The number of benzene rings is 1. The van der Waals surface area contributed by atoms with Gasteiger partial charge in [-0.1, -0.05) is 0 Å². The summed E-state index contributed by atoms with van der Waals surface area (Å²) in [5.41, 5.74) is 3.87. The molecule has 0 bridgehead atoms. The summed E-state index contributed by atoms with van der Waals surface area (Å²) in [7, 11) is 1.63. The van der Waals surface area contributed by atoms with Crippen molar-refractivity contribution in [3.05, 3.63) is 23.8 Å². The predicted molar refractivity (Wildman–Crippen MR) is 118 cm³/mol. The number of methoxy groups -OCH3 is 1. The van der Waals surface area contributed by atoms with E-state index in [9.17, 15) is 0 Å². The summed E-state index contributed by atoms with van der Waals surface area (Å²) in [5, 5.41) is 4.34. The average molecular weight is 412 g/mol. The molecule has 2 fully saturated rings. The van der Waals surface area contributed by atoms with E-state index in [2.05, 4.69) is 30.3 Å². The Kier molecular flexibility index (Phi) is 6.46. The lowest BCUT2D eigenvalue weighted by molar-refractivity contribution is 0.311. The molecule has 30 heavy (non-hydrogen) atoms. The minimum absolute atomic E-state index is 0.462. The average Bonchev–Trinajstić information content (AvgIpc) is 3.48. The van der Waals surface area contributed by atoms with Crippen molar-refractivity contribution in [2.24, 2.45) is 5.10 Å². The third kappa shape index (κ3) is 4.72. The van der Waals surface area contributed by atoms with Gasteiger partial charge in [0.1, 0.15) is 0 Å². The Morgan fingerprint density at radius 2 is 1.60 bits per heavy atom. The number of hydrogen-bond donors (Lipinski definition) is 1. The van der Waals surface area contributed by atoms with Crippen molar-refractivity contribution in [3.63, 3.8) is 0 Å². The minimum atomic E-state index is 0.462. The van der Waals surface area contributed by atoms with Crippen LogP contribution in [-0.4, -0.2) is 61.1 Å². The van der Waals surface area contributed by atoms with Gasteiger partial charge in [-0.25, -0.2) is 5.43 Å². The van der Waals surface area contributed by atoms with Gasteiger partial charge in [0.2, 0.25) is 17.8 Å². The number of nitrogens with one attached hydrogen (secondary N) is 1. The molecule has 1 aromatic heterocycles. The zero-order chi connectivity index (χ0) is 20.8. The molecule has 2 saturated heterocycles. The quantitative estimate of drug-likeness (QED) is 0.524. The second-order valence-corrected chi connectivity index (χ2v) is 7.36. The van der Waals surface area contributed by atoms with E-state index >= 15 is 0 Å². The van der Waals surface area contributed by atoms with Crippen LogP contribution in [-0.2, 0) is 0 Å². The highest BCUT2D eigenvalue weighted by Crippen LogP contribution is 2.27. The molecule has 160 valence electrons. The minimum Gasteiger partial charge on any atom is -0.493 e. The van der Waals surface area contributed by atoms with E-state index in [1.54, 1.807) is 13.3 Å². The van der Waals surface area contributed by atoms with E-state index in [0.29, 0.717) is 24.1 Å². The number of rotatable bonds is 8. The van der Waals surface area contributed by atoms with E-state index in [1.807, 2.05) is 25.1 Å². The van der Waals surface area contributed by atoms with Gasteiger partial charge in [-0.05, 0) is 56.4 Å². The fraction of sp³-hybridized carbons (Fsp3) is 0.524.